The van der Waals surface area contributed by atoms with Crippen molar-refractivity contribution in [2.75, 3.05) is 23.8 Å². The lowest BCUT2D eigenvalue weighted by molar-refractivity contribution is 0.281. The van der Waals surface area contributed by atoms with Crippen LogP contribution >= 0.6 is 15.9 Å². The van der Waals surface area contributed by atoms with Crippen LogP contribution in [0.5, 0.6) is 0 Å². The van der Waals surface area contributed by atoms with Gasteiger partial charge in [-0.2, -0.15) is 4.98 Å². The van der Waals surface area contributed by atoms with Crippen molar-refractivity contribution in [3.05, 3.63) is 58.7 Å². The van der Waals surface area contributed by atoms with E-state index in [0.717, 1.165) is 5.57 Å². The molecule has 1 aromatic heterocycles. The third-order valence-corrected chi connectivity index (χ3v) is 7.74. The van der Waals surface area contributed by atoms with Crippen molar-refractivity contribution < 1.29 is 13.5 Å². The highest BCUT2D eigenvalue weighted by Gasteiger charge is 2.44. The molecule has 0 spiro atoms. The number of fused-ring (bicyclic) bond motifs is 1. The molecule has 0 radical (unpaired) electrons. The van der Waals surface area contributed by atoms with Gasteiger partial charge in [-0.3, -0.25) is 0 Å². The number of allylic oxidation sites excluding steroid dienone is 2. The van der Waals surface area contributed by atoms with E-state index in [1.807, 2.05) is 13.0 Å². The van der Waals surface area contributed by atoms with Gasteiger partial charge in [-0.15, -0.1) is 0 Å². The number of sulfonamides is 1. The molecule has 2 aliphatic carbocycles. The average Bonchev–Trinajstić information content (AvgIpc) is 3.44. The second-order valence-corrected chi connectivity index (χ2v) is 10.8. The van der Waals surface area contributed by atoms with Crippen molar-refractivity contribution >= 4 is 43.4 Å². The zero-order valence-electron chi connectivity index (χ0n) is 17.8. The highest BCUT2D eigenvalue weighted by atomic mass is 79.9. The van der Waals surface area contributed by atoms with E-state index in [1.54, 1.807) is 30.5 Å². The summed E-state index contributed by atoms with van der Waals surface area (Å²) >= 11 is 3.38. The van der Waals surface area contributed by atoms with Gasteiger partial charge in [0.2, 0.25) is 16.0 Å². The van der Waals surface area contributed by atoms with E-state index in [9.17, 15) is 13.5 Å². The van der Waals surface area contributed by atoms with Gasteiger partial charge in [-0.05, 0) is 70.4 Å². The van der Waals surface area contributed by atoms with Gasteiger partial charge in [0.05, 0.1) is 16.0 Å². The Bertz CT molecular complexity index is 1150. The van der Waals surface area contributed by atoms with Gasteiger partial charge in [-0.1, -0.05) is 25.2 Å². The summed E-state index contributed by atoms with van der Waals surface area (Å²) in [6.45, 7) is 4.30. The van der Waals surface area contributed by atoms with Gasteiger partial charge in [0.1, 0.15) is 5.82 Å². The molecule has 1 fully saturated rings. The molecule has 1 heterocycles. The molecule has 10 heteroatoms. The number of nitrogens with one attached hydrogen (secondary N) is 3. The molecule has 0 aliphatic heterocycles. The molecule has 0 amide bonds. The maximum Gasteiger partial charge on any atom is 0.240 e. The Morgan fingerprint density at radius 1 is 1.22 bits per heavy atom. The lowest BCUT2D eigenvalue weighted by Crippen LogP contribution is -2.25. The van der Waals surface area contributed by atoms with Crippen molar-refractivity contribution in [3.8, 4) is 0 Å². The monoisotopic (exact) mass is 519 g/mol. The lowest BCUT2D eigenvalue weighted by atomic mass is 10.1. The SMILES string of the molecule is CC1C2C=C(CNS(=O)(=O)c3ccc(Nc4ncc(Br)c(N[C@H](C)CO)n4)cc3)C=C[C@H]12. The second kappa shape index (κ2) is 9.30. The topological polar surface area (TPSA) is 116 Å². The average molecular weight is 520 g/mol. The highest BCUT2D eigenvalue weighted by Crippen LogP contribution is 2.50. The summed E-state index contributed by atoms with van der Waals surface area (Å²) < 4.78 is 28.7. The zero-order chi connectivity index (χ0) is 22.9. The molecule has 32 heavy (non-hydrogen) atoms. The molecule has 2 aliphatic rings. The first kappa shape index (κ1) is 22.9. The third kappa shape index (κ3) is 5.20. The first-order valence-electron chi connectivity index (χ1n) is 10.4. The van der Waals surface area contributed by atoms with Gasteiger partial charge in [0.25, 0.3) is 0 Å². The number of aromatic nitrogens is 2. The zero-order valence-corrected chi connectivity index (χ0v) is 20.2. The summed E-state index contributed by atoms with van der Waals surface area (Å²) in [6, 6.07) is 6.25. The van der Waals surface area contributed by atoms with E-state index in [1.165, 1.54) is 0 Å². The van der Waals surface area contributed by atoms with Crippen LogP contribution < -0.4 is 15.4 Å². The van der Waals surface area contributed by atoms with Crippen molar-refractivity contribution in [2.45, 2.75) is 24.8 Å². The number of nitrogens with zero attached hydrogens (tertiary/aromatic N) is 2. The van der Waals surface area contributed by atoms with Crippen molar-refractivity contribution in [3.63, 3.8) is 0 Å². The molecule has 4 atom stereocenters. The molecule has 1 saturated carbocycles. The predicted molar refractivity (Wildman–Crippen MR) is 128 cm³/mol. The molecule has 4 rings (SSSR count). The van der Waals surface area contributed by atoms with Gasteiger partial charge in [0, 0.05) is 24.5 Å². The minimum atomic E-state index is -3.62. The number of rotatable bonds is 9. The van der Waals surface area contributed by atoms with Crippen molar-refractivity contribution in [1.82, 2.24) is 14.7 Å². The Kier molecular flexibility index (Phi) is 6.66. The fourth-order valence-corrected chi connectivity index (χ4v) is 4.99. The van der Waals surface area contributed by atoms with Crippen molar-refractivity contribution in [1.29, 1.82) is 0 Å². The molecule has 2 unspecified atom stereocenters. The van der Waals surface area contributed by atoms with Crippen LogP contribution in [-0.2, 0) is 10.0 Å². The van der Waals surface area contributed by atoms with E-state index < -0.39 is 10.0 Å². The van der Waals surface area contributed by atoms with Gasteiger partial charge in [0.15, 0.2) is 0 Å². The molecule has 0 bridgehead atoms. The van der Waals surface area contributed by atoms with E-state index in [4.69, 9.17) is 0 Å². The third-order valence-electron chi connectivity index (χ3n) is 5.75. The minimum absolute atomic E-state index is 0.0308. The van der Waals surface area contributed by atoms with E-state index >= 15 is 0 Å². The molecule has 1 aromatic carbocycles. The van der Waals surface area contributed by atoms with Crippen LogP contribution in [-0.4, -0.2) is 42.7 Å². The van der Waals surface area contributed by atoms with Crippen LogP contribution in [0, 0.1) is 17.8 Å². The number of aliphatic hydroxyl groups excluding tert-OH is 1. The Morgan fingerprint density at radius 2 is 1.97 bits per heavy atom. The molecule has 2 aromatic rings. The minimum Gasteiger partial charge on any atom is -0.394 e. The number of hydrogen-bond donors (Lipinski definition) is 4. The van der Waals surface area contributed by atoms with Crippen molar-refractivity contribution in [2.24, 2.45) is 17.8 Å². The maximum absolute atomic E-state index is 12.7. The van der Waals surface area contributed by atoms with Crippen LogP contribution in [0.3, 0.4) is 0 Å². The fourth-order valence-electron chi connectivity index (χ4n) is 3.66. The summed E-state index contributed by atoms with van der Waals surface area (Å²) in [6.07, 6.45) is 7.97. The molecular formula is C22H26BrN5O3S. The Balaban J connectivity index is 1.39. The van der Waals surface area contributed by atoms with Gasteiger partial charge >= 0.3 is 0 Å². The molecule has 8 nitrogen and oxygen atoms in total. The first-order valence-corrected chi connectivity index (χ1v) is 12.7. The Morgan fingerprint density at radius 3 is 2.66 bits per heavy atom. The molecule has 4 N–H and O–H groups in total. The van der Waals surface area contributed by atoms with E-state index in [-0.39, 0.29) is 24.1 Å². The summed E-state index contributed by atoms with van der Waals surface area (Å²) in [5, 5.41) is 15.4. The predicted octanol–water partition coefficient (Wildman–Crippen LogP) is 3.43. The summed E-state index contributed by atoms with van der Waals surface area (Å²) in [7, 11) is -3.62. The standard InChI is InChI=1S/C22H26BrN5O3S/c1-13(12-29)26-21-20(23)11-24-22(28-21)27-16-4-6-17(7-5-16)32(30,31)25-10-15-3-8-18-14(2)19(18)9-15/h3-9,11,13-14,18-19,25,29H,10,12H2,1-2H3,(H2,24,26,27,28)/t13-,14?,18-,19?/m1/s1. The number of hydrogen-bond acceptors (Lipinski definition) is 7. The normalized spacial score (nSPS) is 22.6. The molecular weight excluding hydrogens is 494 g/mol. The highest BCUT2D eigenvalue weighted by molar-refractivity contribution is 9.10. The largest absolute Gasteiger partial charge is 0.394 e. The molecule has 0 saturated heterocycles. The Labute approximate surface area is 196 Å². The van der Waals surface area contributed by atoms with Crippen LogP contribution in [0.2, 0.25) is 0 Å². The quantitative estimate of drug-likeness (QED) is 0.400. The maximum atomic E-state index is 12.7. The molecule has 170 valence electrons. The second-order valence-electron chi connectivity index (χ2n) is 8.21. The number of benzene rings is 1. The number of anilines is 3. The Hall–Kier alpha value is -2.27. The van der Waals surface area contributed by atoms with Crippen LogP contribution in [0.4, 0.5) is 17.5 Å². The summed E-state index contributed by atoms with van der Waals surface area (Å²) in [5.41, 5.74) is 1.66. The van der Waals surface area contributed by atoms with Gasteiger partial charge < -0.3 is 15.7 Å². The van der Waals surface area contributed by atoms with Crippen LogP contribution in [0.25, 0.3) is 0 Å². The summed E-state index contributed by atoms with van der Waals surface area (Å²) in [4.78, 5) is 8.80. The fraction of sp³-hybridized carbons (Fsp3) is 0.364. The van der Waals surface area contributed by atoms with E-state index in [2.05, 4.69) is 60.3 Å². The van der Waals surface area contributed by atoms with E-state index in [0.29, 0.717) is 39.7 Å². The number of halogens is 1. The first-order chi connectivity index (χ1) is 15.3. The van der Waals surface area contributed by atoms with Crippen LogP contribution in [0.15, 0.2) is 63.6 Å². The smallest absolute Gasteiger partial charge is 0.240 e. The lowest BCUT2D eigenvalue weighted by Gasteiger charge is -2.14. The number of aliphatic hydroxyl groups is 1. The summed E-state index contributed by atoms with van der Waals surface area (Å²) in [5.74, 6) is 2.71. The van der Waals surface area contributed by atoms with Gasteiger partial charge in [-0.25, -0.2) is 18.1 Å². The van der Waals surface area contributed by atoms with Crippen LogP contribution in [0.1, 0.15) is 13.8 Å².